The number of hydrogen-bond donors (Lipinski definition) is 1. The van der Waals surface area contributed by atoms with Gasteiger partial charge in [-0.05, 0) is 29.5 Å². The fourth-order valence-electron chi connectivity index (χ4n) is 1.07. The van der Waals surface area contributed by atoms with E-state index in [1.165, 1.54) is 0 Å². The van der Waals surface area contributed by atoms with Crippen LogP contribution in [0.3, 0.4) is 0 Å². The Kier molecular flexibility index (Phi) is 5.64. The molecule has 0 unspecified atom stereocenters. The van der Waals surface area contributed by atoms with Crippen LogP contribution in [0.2, 0.25) is 0 Å². The highest BCUT2D eigenvalue weighted by Gasteiger charge is 2.27. The molecule has 0 saturated carbocycles. The zero-order chi connectivity index (χ0) is 12.0. The highest BCUT2D eigenvalue weighted by Crippen LogP contribution is 2.29. The molecule has 0 radical (unpaired) electrons. The summed E-state index contributed by atoms with van der Waals surface area (Å²) in [7, 11) is 0. The summed E-state index contributed by atoms with van der Waals surface area (Å²) in [5.41, 5.74) is -3.07. The third-order valence-corrected chi connectivity index (χ3v) is 3.05. The van der Waals surface area contributed by atoms with Crippen LogP contribution in [0.25, 0.3) is 0 Å². The number of rotatable bonds is 5. The van der Waals surface area contributed by atoms with Crippen molar-refractivity contribution < 1.29 is 13.2 Å². The lowest BCUT2D eigenvalue weighted by Crippen LogP contribution is -2.18. The van der Waals surface area contributed by atoms with Crippen LogP contribution < -0.4 is 5.32 Å². The van der Waals surface area contributed by atoms with E-state index in [0.717, 1.165) is 10.0 Å². The molecular weight excluding hydrogens is 303 g/mol. The van der Waals surface area contributed by atoms with Crippen LogP contribution in [-0.4, -0.2) is 17.8 Å². The summed E-state index contributed by atoms with van der Waals surface area (Å²) in [6, 6.07) is 7.66. The van der Waals surface area contributed by atoms with E-state index in [-0.39, 0.29) is 17.5 Å². The molecule has 1 N–H and O–H groups in total. The molecule has 1 nitrogen and oxygen atoms in total. The van der Waals surface area contributed by atoms with Crippen LogP contribution in [0.1, 0.15) is 5.56 Å². The average Bonchev–Trinajstić information content (AvgIpc) is 2.19. The van der Waals surface area contributed by atoms with E-state index in [0.29, 0.717) is 13.1 Å². The first kappa shape index (κ1) is 13.9. The van der Waals surface area contributed by atoms with E-state index in [9.17, 15) is 13.2 Å². The van der Waals surface area contributed by atoms with Gasteiger partial charge in [0, 0.05) is 23.3 Å². The molecule has 0 spiro atoms. The summed E-state index contributed by atoms with van der Waals surface area (Å²) in [5.74, 6) is 0.0417. The van der Waals surface area contributed by atoms with Crippen LogP contribution >= 0.6 is 27.7 Å². The van der Waals surface area contributed by atoms with Crippen molar-refractivity contribution in [3.8, 4) is 0 Å². The largest absolute Gasteiger partial charge is 0.441 e. The molecule has 1 aromatic carbocycles. The van der Waals surface area contributed by atoms with Crippen molar-refractivity contribution in [1.82, 2.24) is 5.32 Å². The minimum Gasteiger partial charge on any atom is -0.312 e. The molecule has 1 aromatic rings. The average molecular weight is 314 g/mol. The van der Waals surface area contributed by atoms with E-state index in [1.807, 2.05) is 24.3 Å². The molecule has 0 fully saturated rings. The zero-order valence-corrected chi connectivity index (χ0v) is 10.8. The van der Waals surface area contributed by atoms with Crippen LogP contribution in [0.5, 0.6) is 0 Å². The van der Waals surface area contributed by atoms with Gasteiger partial charge < -0.3 is 5.32 Å². The van der Waals surface area contributed by atoms with Gasteiger partial charge >= 0.3 is 5.51 Å². The topological polar surface area (TPSA) is 12.0 Å². The second kappa shape index (κ2) is 6.51. The van der Waals surface area contributed by atoms with Gasteiger partial charge in [0.25, 0.3) is 0 Å². The summed E-state index contributed by atoms with van der Waals surface area (Å²) >= 11 is 3.31. The third-order valence-electron chi connectivity index (χ3n) is 1.79. The van der Waals surface area contributed by atoms with Gasteiger partial charge in [0.05, 0.1) is 0 Å². The normalized spacial score (nSPS) is 11.8. The van der Waals surface area contributed by atoms with Crippen molar-refractivity contribution in [2.45, 2.75) is 12.1 Å². The minimum absolute atomic E-state index is 0.00116. The molecule has 0 heterocycles. The third kappa shape index (κ3) is 6.40. The summed E-state index contributed by atoms with van der Waals surface area (Å²) in [5, 5.41) is 2.96. The molecule has 0 aromatic heterocycles. The molecule has 16 heavy (non-hydrogen) atoms. The van der Waals surface area contributed by atoms with Gasteiger partial charge in [0.15, 0.2) is 0 Å². The fraction of sp³-hybridized carbons (Fsp3) is 0.400. The Morgan fingerprint density at radius 1 is 1.19 bits per heavy atom. The van der Waals surface area contributed by atoms with Gasteiger partial charge in [-0.2, -0.15) is 13.2 Å². The van der Waals surface area contributed by atoms with Crippen molar-refractivity contribution in [3.05, 3.63) is 34.3 Å². The lowest BCUT2D eigenvalue weighted by atomic mass is 10.2. The van der Waals surface area contributed by atoms with Gasteiger partial charge in [0.2, 0.25) is 0 Å². The molecule has 1 rings (SSSR count). The van der Waals surface area contributed by atoms with Gasteiger partial charge in [-0.3, -0.25) is 0 Å². The number of nitrogens with one attached hydrogen (secondary N) is 1. The van der Waals surface area contributed by atoms with Crippen molar-refractivity contribution in [1.29, 1.82) is 0 Å². The maximum atomic E-state index is 11.8. The Morgan fingerprint density at radius 3 is 2.38 bits per heavy atom. The van der Waals surface area contributed by atoms with E-state index in [2.05, 4.69) is 21.2 Å². The van der Waals surface area contributed by atoms with Crippen LogP contribution in [0.4, 0.5) is 13.2 Å². The van der Waals surface area contributed by atoms with E-state index in [4.69, 9.17) is 0 Å². The first-order chi connectivity index (χ1) is 7.47. The molecule has 0 aliphatic heterocycles. The van der Waals surface area contributed by atoms with Crippen LogP contribution in [0.15, 0.2) is 28.7 Å². The van der Waals surface area contributed by atoms with Crippen molar-refractivity contribution in [2.75, 3.05) is 12.3 Å². The Bertz CT molecular complexity index is 313. The minimum atomic E-state index is -4.13. The molecule has 0 amide bonds. The quantitative estimate of drug-likeness (QED) is 0.830. The monoisotopic (exact) mass is 313 g/mol. The van der Waals surface area contributed by atoms with Gasteiger partial charge in [-0.25, -0.2) is 0 Å². The zero-order valence-electron chi connectivity index (χ0n) is 8.35. The van der Waals surface area contributed by atoms with E-state index in [1.54, 1.807) is 0 Å². The number of thioether (sulfide) groups is 1. The van der Waals surface area contributed by atoms with Crippen molar-refractivity contribution >= 4 is 27.7 Å². The molecule has 0 saturated heterocycles. The first-order valence-corrected chi connectivity index (χ1v) is 6.41. The summed E-state index contributed by atoms with van der Waals surface area (Å²) in [4.78, 5) is 0. The van der Waals surface area contributed by atoms with Gasteiger partial charge in [-0.1, -0.05) is 28.1 Å². The molecule has 0 bridgehead atoms. The number of alkyl halides is 3. The Morgan fingerprint density at radius 2 is 1.81 bits per heavy atom. The molecule has 90 valence electrons. The summed E-state index contributed by atoms with van der Waals surface area (Å²) in [6.45, 7) is 0.936. The molecule has 0 aliphatic carbocycles. The Hall–Kier alpha value is -0.200. The molecule has 0 atom stereocenters. The second-order valence-corrected chi connectivity index (χ2v) is 5.17. The molecule has 0 aliphatic rings. The van der Waals surface area contributed by atoms with Crippen LogP contribution in [0, 0.1) is 0 Å². The van der Waals surface area contributed by atoms with Crippen molar-refractivity contribution in [2.24, 2.45) is 0 Å². The fourth-order valence-corrected chi connectivity index (χ4v) is 1.82. The molecular formula is C10H11BrF3NS. The Balaban J connectivity index is 2.14. The highest BCUT2D eigenvalue weighted by molar-refractivity contribution is 9.10. The highest BCUT2D eigenvalue weighted by atomic mass is 79.9. The number of hydrogen-bond acceptors (Lipinski definition) is 2. The lowest BCUT2D eigenvalue weighted by Gasteiger charge is -2.07. The number of halogens is 4. The van der Waals surface area contributed by atoms with Gasteiger partial charge in [0.1, 0.15) is 0 Å². The van der Waals surface area contributed by atoms with E-state index >= 15 is 0 Å². The van der Waals surface area contributed by atoms with E-state index < -0.39 is 5.51 Å². The number of benzene rings is 1. The SMILES string of the molecule is FC(F)(F)SCCNCc1ccc(Br)cc1. The summed E-state index contributed by atoms with van der Waals surface area (Å²) < 4.78 is 36.3. The van der Waals surface area contributed by atoms with Crippen LogP contribution in [-0.2, 0) is 6.54 Å². The predicted molar refractivity (Wildman–Crippen MR) is 64.4 cm³/mol. The maximum absolute atomic E-state index is 11.8. The molecule has 6 heteroatoms. The van der Waals surface area contributed by atoms with Gasteiger partial charge in [-0.15, -0.1) is 0 Å². The predicted octanol–water partition coefficient (Wildman–Crippen LogP) is 3.79. The summed E-state index contributed by atoms with van der Waals surface area (Å²) in [6.07, 6.45) is 0. The van der Waals surface area contributed by atoms with Crippen molar-refractivity contribution in [3.63, 3.8) is 0 Å². The maximum Gasteiger partial charge on any atom is 0.441 e. The smallest absolute Gasteiger partial charge is 0.312 e. The lowest BCUT2D eigenvalue weighted by molar-refractivity contribution is -0.0327. The second-order valence-electron chi connectivity index (χ2n) is 3.10. The standard InChI is InChI=1S/C10H11BrF3NS/c11-9-3-1-8(2-4-9)7-15-5-6-16-10(12,13)14/h1-4,15H,5-7H2. The Labute approximate surface area is 105 Å². The first-order valence-electron chi connectivity index (χ1n) is 4.63.